The first-order valence-electron chi connectivity index (χ1n) is 10.4. The maximum Gasteiger partial charge on any atom is 0.261 e. The van der Waals surface area contributed by atoms with Gasteiger partial charge in [0.15, 0.2) is 18.1 Å². The predicted molar refractivity (Wildman–Crippen MR) is 120 cm³/mol. The van der Waals surface area contributed by atoms with Crippen molar-refractivity contribution in [3.63, 3.8) is 0 Å². The van der Waals surface area contributed by atoms with Crippen molar-refractivity contribution in [2.24, 2.45) is 0 Å². The molecule has 170 valence electrons. The van der Waals surface area contributed by atoms with Gasteiger partial charge in [-0.1, -0.05) is 17.3 Å². The molecule has 3 aromatic rings. The number of nitrogens with zero attached hydrogens (tertiary/aromatic N) is 3. The number of hydrogen-bond donors (Lipinski definition) is 0. The molecule has 32 heavy (non-hydrogen) atoms. The molecular formula is C24H29N3O5. The molecule has 0 saturated carbocycles. The topological polar surface area (TPSA) is 86.9 Å². The normalized spacial score (nSPS) is 10.8. The molecule has 0 aliphatic heterocycles. The van der Waals surface area contributed by atoms with E-state index in [1.54, 1.807) is 31.3 Å². The summed E-state index contributed by atoms with van der Waals surface area (Å²) >= 11 is 0. The number of benzene rings is 2. The van der Waals surface area contributed by atoms with Gasteiger partial charge in [0.25, 0.3) is 5.91 Å². The SMILES string of the molecule is COc1ccc(-c2noc(CN(C(=O)COc3cccc(C)c3C)C(C)C)n2)cc1OC. The molecule has 1 heterocycles. The van der Waals surface area contributed by atoms with Gasteiger partial charge in [0.1, 0.15) is 12.3 Å². The second-order valence-electron chi connectivity index (χ2n) is 7.68. The molecule has 3 rings (SSSR count). The number of amides is 1. The molecule has 0 aliphatic rings. The van der Waals surface area contributed by atoms with Gasteiger partial charge in [-0.05, 0) is 63.1 Å². The fourth-order valence-corrected chi connectivity index (χ4v) is 3.22. The van der Waals surface area contributed by atoms with Gasteiger partial charge in [-0.15, -0.1) is 0 Å². The number of ether oxygens (including phenoxy) is 3. The van der Waals surface area contributed by atoms with E-state index in [2.05, 4.69) is 10.1 Å². The third-order valence-corrected chi connectivity index (χ3v) is 5.27. The zero-order valence-electron chi connectivity index (χ0n) is 19.3. The number of aryl methyl sites for hydroxylation is 1. The lowest BCUT2D eigenvalue weighted by atomic mass is 10.1. The van der Waals surface area contributed by atoms with E-state index in [0.717, 1.165) is 16.7 Å². The lowest BCUT2D eigenvalue weighted by Crippen LogP contribution is -2.39. The first-order valence-corrected chi connectivity index (χ1v) is 10.4. The number of aromatic nitrogens is 2. The summed E-state index contributed by atoms with van der Waals surface area (Å²) in [5.74, 6) is 2.47. The highest BCUT2D eigenvalue weighted by Gasteiger charge is 2.22. The van der Waals surface area contributed by atoms with Crippen LogP contribution in [0.25, 0.3) is 11.4 Å². The Morgan fingerprint density at radius 2 is 1.81 bits per heavy atom. The fraction of sp³-hybridized carbons (Fsp3) is 0.375. The molecule has 0 N–H and O–H groups in total. The summed E-state index contributed by atoms with van der Waals surface area (Å²) in [5.41, 5.74) is 2.86. The Bertz CT molecular complexity index is 1080. The molecule has 0 saturated heterocycles. The highest BCUT2D eigenvalue weighted by molar-refractivity contribution is 5.78. The highest BCUT2D eigenvalue weighted by atomic mass is 16.5. The van der Waals surface area contributed by atoms with Gasteiger partial charge in [0, 0.05) is 11.6 Å². The minimum absolute atomic E-state index is 0.0684. The molecule has 0 unspecified atom stereocenters. The molecule has 0 atom stereocenters. The Labute approximate surface area is 188 Å². The van der Waals surface area contributed by atoms with Crippen LogP contribution in [0.3, 0.4) is 0 Å². The van der Waals surface area contributed by atoms with Crippen molar-refractivity contribution < 1.29 is 23.5 Å². The first kappa shape index (κ1) is 23.1. The number of hydrogen-bond acceptors (Lipinski definition) is 7. The monoisotopic (exact) mass is 439 g/mol. The zero-order valence-corrected chi connectivity index (χ0v) is 19.3. The second kappa shape index (κ2) is 10.2. The lowest BCUT2D eigenvalue weighted by Gasteiger charge is -2.25. The van der Waals surface area contributed by atoms with Crippen molar-refractivity contribution in [1.82, 2.24) is 15.0 Å². The Balaban J connectivity index is 1.71. The van der Waals surface area contributed by atoms with Crippen molar-refractivity contribution in [2.45, 2.75) is 40.3 Å². The molecule has 0 aliphatic carbocycles. The Kier molecular flexibility index (Phi) is 7.35. The van der Waals surface area contributed by atoms with Crippen LogP contribution >= 0.6 is 0 Å². The largest absolute Gasteiger partial charge is 0.493 e. The fourth-order valence-electron chi connectivity index (χ4n) is 3.22. The molecule has 8 nitrogen and oxygen atoms in total. The van der Waals surface area contributed by atoms with Crippen LogP contribution in [0.1, 0.15) is 30.9 Å². The van der Waals surface area contributed by atoms with Crippen molar-refractivity contribution in [3.8, 4) is 28.6 Å². The summed E-state index contributed by atoms with van der Waals surface area (Å²) in [7, 11) is 3.14. The Morgan fingerprint density at radius 1 is 1.06 bits per heavy atom. The number of methoxy groups -OCH3 is 2. The van der Waals surface area contributed by atoms with Crippen LogP contribution in [0.5, 0.6) is 17.2 Å². The minimum atomic E-state index is -0.160. The quantitative estimate of drug-likeness (QED) is 0.494. The molecule has 1 aromatic heterocycles. The first-order chi connectivity index (χ1) is 15.3. The second-order valence-corrected chi connectivity index (χ2v) is 7.68. The Hall–Kier alpha value is -3.55. The van der Waals surface area contributed by atoms with Crippen LogP contribution in [-0.4, -0.2) is 47.8 Å². The summed E-state index contributed by atoms with van der Waals surface area (Å²) in [6, 6.07) is 11.1. The van der Waals surface area contributed by atoms with Gasteiger partial charge in [-0.2, -0.15) is 4.98 Å². The maximum absolute atomic E-state index is 12.9. The third-order valence-electron chi connectivity index (χ3n) is 5.27. The molecule has 0 fully saturated rings. The molecule has 0 bridgehead atoms. The smallest absolute Gasteiger partial charge is 0.261 e. The lowest BCUT2D eigenvalue weighted by molar-refractivity contribution is -0.136. The van der Waals surface area contributed by atoms with E-state index in [0.29, 0.717) is 29.0 Å². The van der Waals surface area contributed by atoms with E-state index in [-0.39, 0.29) is 25.1 Å². The van der Waals surface area contributed by atoms with Crippen LogP contribution in [-0.2, 0) is 11.3 Å². The van der Waals surface area contributed by atoms with Crippen molar-refractivity contribution in [1.29, 1.82) is 0 Å². The van der Waals surface area contributed by atoms with E-state index in [4.69, 9.17) is 18.7 Å². The molecule has 1 amide bonds. The van der Waals surface area contributed by atoms with Crippen molar-refractivity contribution in [2.75, 3.05) is 20.8 Å². The van der Waals surface area contributed by atoms with Crippen LogP contribution in [0, 0.1) is 13.8 Å². The van der Waals surface area contributed by atoms with Crippen LogP contribution in [0.2, 0.25) is 0 Å². The van der Waals surface area contributed by atoms with Crippen LogP contribution < -0.4 is 14.2 Å². The predicted octanol–water partition coefficient (Wildman–Crippen LogP) is 4.19. The molecule has 8 heteroatoms. The highest BCUT2D eigenvalue weighted by Crippen LogP contribution is 2.31. The summed E-state index contributed by atoms with van der Waals surface area (Å²) in [6.45, 7) is 7.97. The summed E-state index contributed by atoms with van der Waals surface area (Å²) in [5, 5.41) is 4.05. The summed E-state index contributed by atoms with van der Waals surface area (Å²) in [6.07, 6.45) is 0. The van der Waals surface area contributed by atoms with E-state index >= 15 is 0 Å². The van der Waals surface area contributed by atoms with Gasteiger partial charge < -0.3 is 23.6 Å². The van der Waals surface area contributed by atoms with Gasteiger partial charge in [-0.3, -0.25) is 4.79 Å². The third kappa shape index (κ3) is 5.19. The molecule has 2 aromatic carbocycles. The van der Waals surface area contributed by atoms with E-state index in [9.17, 15) is 4.79 Å². The number of rotatable bonds is 9. The summed E-state index contributed by atoms with van der Waals surface area (Å²) < 4.78 is 21.8. The minimum Gasteiger partial charge on any atom is -0.493 e. The average Bonchev–Trinajstić information content (AvgIpc) is 3.26. The van der Waals surface area contributed by atoms with Crippen molar-refractivity contribution in [3.05, 3.63) is 53.4 Å². The van der Waals surface area contributed by atoms with E-state index in [1.807, 2.05) is 52.0 Å². The zero-order chi connectivity index (χ0) is 23.3. The standard InChI is InChI=1S/C24H29N3O5/c1-15(2)27(23(28)14-31-19-9-7-8-16(3)17(19)4)13-22-25-24(26-32-22)18-10-11-20(29-5)21(12-18)30-6/h7-12,15H,13-14H2,1-6H3. The van der Waals surface area contributed by atoms with Gasteiger partial charge in [-0.25, -0.2) is 0 Å². The number of carbonyl (C=O) groups is 1. The Morgan fingerprint density at radius 3 is 2.50 bits per heavy atom. The molecular weight excluding hydrogens is 410 g/mol. The molecule has 0 radical (unpaired) electrons. The van der Waals surface area contributed by atoms with Gasteiger partial charge in [0.2, 0.25) is 11.7 Å². The maximum atomic E-state index is 12.9. The van der Waals surface area contributed by atoms with Gasteiger partial charge in [0.05, 0.1) is 14.2 Å². The van der Waals surface area contributed by atoms with E-state index < -0.39 is 0 Å². The summed E-state index contributed by atoms with van der Waals surface area (Å²) in [4.78, 5) is 19.0. The molecule has 0 spiro atoms. The number of carbonyl (C=O) groups excluding carboxylic acids is 1. The van der Waals surface area contributed by atoms with Crippen molar-refractivity contribution >= 4 is 5.91 Å². The van der Waals surface area contributed by atoms with Crippen LogP contribution in [0.4, 0.5) is 0 Å². The van der Waals surface area contributed by atoms with E-state index in [1.165, 1.54) is 0 Å². The van der Waals surface area contributed by atoms with Gasteiger partial charge >= 0.3 is 0 Å². The van der Waals surface area contributed by atoms with Crippen LogP contribution in [0.15, 0.2) is 40.9 Å². The average molecular weight is 440 g/mol.